The maximum atomic E-state index is 15.4. The predicted octanol–water partition coefficient (Wildman–Crippen LogP) is 2.79. The molecule has 4 rings (SSSR count). The first kappa shape index (κ1) is 21.9. The van der Waals surface area contributed by atoms with Gasteiger partial charge in [-0.3, -0.25) is 4.79 Å². The van der Waals surface area contributed by atoms with Crippen molar-refractivity contribution in [1.29, 1.82) is 0 Å². The standard InChI is InChI=1S/C23H28FNO6/c1-13-9-16(25-22(27)30-11-14-7-5-4-6-8-14)17(26)10-15-18(13)20(24)21-19(15)23(28-2,29-3)12-31-21/h4-8,10,13,16,18-21H,9,11-12H2,1-3H3,(H,25,27)/t13?,16-,18?,19-,20-,21-/m0/s1. The number of amides is 1. The SMILES string of the molecule is COC1(OC)CO[C@@H]2[C@@H](F)C3C(=CC(=O)[C@@H](NC(=O)OCc4ccccc4)CC3C)[C@@H]21. The van der Waals surface area contributed by atoms with Crippen LogP contribution in [0.1, 0.15) is 18.9 Å². The zero-order chi connectivity index (χ0) is 22.2. The van der Waals surface area contributed by atoms with Crippen LogP contribution in [-0.2, 0) is 30.3 Å². The number of methoxy groups -OCH3 is 2. The molecule has 0 aromatic heterocycles. The summed E-state index contributed by atoms with van der Waals surface area (Å²) in [5.74, 6) is -2.64. The van der Waals surface area contributed by atoms with Gasteiger partial charge in [0.2, 0.25) is 5.79 Å². The number of rotatable bonds is 5. The molecule has 1 heterocycles. The highest BCUT2D eigenvalue weighted by molar-refractivity contribution is 5.97. The second-order valence-electron chi connectivity index (χ2n) is 8.46. The molecule has 1 N–H and O–H groups in total. The van der Waals surface area contributed by atoms with Crippen LogP contribution in [0.25, 0.3) is 0 Å². The van der Waals surface area contributed by atoms with Crippen molar-refractivity contribution in [3.8, 4) is 0 Å². The molecule has 31 heavy (non-hydrogen) atoms. The molecule has 1 aliphatic heterocycles. The third-order valence-electron chi connectivity index (χ3n) is 6.75. The molecular weight excluding hydrogens is 405 g/mol. The molecule has 1 aromatic rings. The number of carbonyl (C=O) groups excluding carboxylic acids is 2. The van der Waals surface area contributed by atoms with Crippen LogP contribution in [0.2, 0.25) is 0 Å². The number of fused-ring (bicyclic) bond motifs is 3. The highest BCUT2D eigenvalue weighted by atomic mass is 19.1. The lowest BCUT2D eigenvalue weighted by Crippen LogP contribution is -2.43. The van der Waals surface area contributed by atoms with Gasteiger partial charge in [-0.2, -0.15) is 0 Å². The molecular formula is C23H28FNO6. The number of ether oxygens (including phenoxy) is 4. The second-order valence-corrected chi connectivity index (χ2v) is 8.46. The summed E-state index contributed by atoms with van der Waals surface area (Å²) < 4.78 is 37.5. The first-order valence-corrected chi connectivity index (χ1v) is 10.5. The molecule has 0 bridgehead atoms. The van der Waals surface area contributed by atoms with Crippen LogP contribution in [-0.4, -0.2) is 56.8 Å². The van der Waals surface area contributed by atoms with Crippen molar-refractivity contribution in [3.63, 3.8) is 0 Å². The average Bonchev–Trinajstić information content (AvgIpc) is 3.25. The fourth-order valence-electron chi connectivity index (χ4n) is 5.18. The Kier molecular flexibility index (Phi) is 6.14. The fraction of sp³-hybridized carbons (Fsp3) is 0.565. The van der Waals surface area contributed by atoms with E-state index in [1.54, 1.807) is 0 Å². The Morgan fingerprint density at radius 1 is 1.26 bits per heavy atom. The quantitative estimate of drug-likeness (QED) is 0.719. The number of ketones is 1. The third-order valence-corrected chi connectivity index (χ3v) is 6.75. The highest BCUT2D eigenvalue weighted by Gasteiger charge is 2.64. The monoisotopic (exact) mass is 433 g/mol. The minimum Gasteiger partial charge on any atom is -0.445 e. The van der Waals surface area contributed by atoms with Gasteiger partial charge in [-0.25, -0.2) is 9.18 Å². The zero-order valence-electron chi connectivity index (χ0n) is 17.9. The normalized spacial score (nSPS) is 33.8. The molecule has 6 atom stereocenters. The van der Waals surface area contributed by atoms with E-state index in [-0.39, 0.29) is 24.9 Å². The molecule has 0 radical (unpaired) electrons. The fourth-order valence-corrected chi connectivity index (χ4v) is 5.18. The number of hydrogen-bond acceptors (Lipinski definition) is 6. The molecule has 0 spiro atoms. The van der Waals surface area contributed by atoms with E-state index in [0.717, 1.165) is 5.56 Å². The van der Waals surface area contributed by atoms with Gasteiger partial charge in [0, 0.05) is 20.1 Å². The molecule has 3 aliphatic rings. The van der Waals surface area contributed by atoms with E-state index < -0.39 is 42.0 Å². The van der Waals surface area contributed by atoms with E-state index in [0.29, 0.717) is 12.0 Å². The van der Waals surface area contributed by atoms with Crippen LogP contribution < -0.4 is 5.32 Å². The molecule has 1 aromatic carbocycles. The summed E-state index contributed by atoms with van der Waals surface area (Å²) in [6, 6.07) is 8.48. The summed E-state index contributed by atoms with van der Waals surface area (Å²) in [4.78, 5) is 25.3. The van der Waals surface area contributed by atoms with Crippen molar-refractivity contribution in [2.45, 2.75) is 44.1 Å². The average molecular weight is 433 g/mol. The number of alkyl carbamates (subject to hydrolysis) is 1. The summed E-state index contributed by atoms with van der Waals surface area (Å²) in [6.45, 7) is 2.08. The largest absolute Gasteiger partial charge is 0.445 e. The van der Waals surface area contributed by atoms with Gasteiger partial charge in [0.1, 0.15) is 25.5 Å². The molecule has 1 amide bonds. The number of benzene rings is 1. The van der Waals surface area contributed by atoms with Crippen LogP contribution in [0.15, 0.2) is 42.0 Å². The summed E-state index contributed by atoms with van der Waals surface area (Å²) in [5, 5.41) is 2.65. The molecule has 168 valence electrons. The summed E-state index contributed by atoms with van der Waals surface area (Å²) >= 11 is 0. The van der Waals surface area contributed by atoms with Crippen molar-refractivity contribution >= 4 is 11.9 Å². The van der Waals surface area contributed by atoms with Crippen molar-refractivity contribution in [1.82, 2.24) is 5.32 Å². The van der Waals surface area contributed by atoms with E-state index in [1.165, 1.54) is 20.3 Å². The molecule has 2 aliphatic carbocycles. The molecule has 2 unspecified atom stereocenters. The lowest BCUT2D eigenvalue weighted by molar-refractivity contribution is -0.219. The molecule has 1 saturated carbocycles. The van der Waals surface area contributed by atoms with Crippen molar-refractivity contribution in [3.05, 3.63) is 47.5 Å². The van der Waals surface area contributed by atoms with Crippen molar-refractivity contribution in [2.75, 3.05) is 20.8 Å². The Bertz CT molecular complexity index is 855. The number of nitrogens with one attached hydrogen (secondary N) is 1. The number of alkyl halides is 1. The number of hydrogen-bond donors (Lipinski definition) is 1. The maximum absolute atomic E-state index is 15.4. The Morgan fingerprint density at radius 3 is 2.65 bits per heavy atom. The Morgan fingerprint density at radius 2 is 1.97 bits per heavy atom. The second kappa shape index (κ2) is 8.68. The molecule has 2 fully saturated rings. The minimum absolute atomic E-state index is 0.0931. The predicted molar refractivity (Wildman–Crippen MR) is 109 cm³/mol. The third kappa shape index (κ3) is 3.88. The molecule has 7 nitrogen and oxygen atoms in total. The molecule has 1 saturated heterocycles. The van der Waals surface area contributed by atoms with Crippen LogP contribution in [0.3, 0.4) is 0 Å². The lowest BCUT2D eigenvalue weighted by Gasteiger charge is -2.32. The molecule has 8 heteroatoms. The zero-order valence-corrected chi connectivity index (χ0v) is 17.9. The van der Waals surface area contributed by atoms with E-state index >= 15 is 4.39 Å². The van der Waals surface area contributed by atoms with Gasteiger partial charge in [-0.05, 0) is 29.6 Å². The van der Waals surface area contributed by atoms with E-state index in [9.17, 15) is 9.59 Å². The van der Waals surface area contributed by atoms with Crippen molar-refractivity contribution < 1.29 is 32.9 Å². The van der Waals surface area contributed by atoms with Gasteiger partial charge in [-0.15, -0.1) is 0 Å². The van der Waals surface area contributed by atoms with Gasteiger partial charge < -0.3 is 24.3 Å². The van der Waals surface area contributed by atoms with Gasteiger partial charge in [0.25, 0.3) is 0 Å². The Labute approximate surface area is 180 Å². The van der Waals surface area contributed by atoms with E-state index in [4.69, 9.17) is 18.9 Å². The topological polar surface area (TPSA) is 83.1 Å². The van der Waals surface area contributed by atoms with Crippen LogP contribution in [0, 0.1) is 17.8 Å². The number of halogens is 1. The lowest BCUT2D eigenvalue weighted by atomic mass is 9.83. The first-order chi connectivity index (χ1) is 14.9. The van der Waals surface area contributed by atoms with Crippen LogP contribution in [0.4, 0.5) is 9.18 Å². The van der Waals surface area contributed by atoms with Crippen LogP contribution >= 0.6 is 0 Å². The van der Waals surface area contributed by atoms with Gasteiger partial charge >= 0.3 is 6.09 Å². The van der Waals surface area contributed by atoms with E-state index in [2.05, 4.69) is 5.32 Å². The first-order valence-electron chi connectivity index (χ1n) is 10.5. The van der Waals surface area contributed by atoms with Crippen molar-refractivity contribution in [2.24, 2.45) is 17.8 Å². The minimum atomic E-state index is -1.28. The van der Waals surface area contributed by atoms with Gasteiger partial charge in [0.05, 0.1) is 12.0 Å². The Hall–Kier alpha value is -2.29. The Balaban J connectivity index is 1.50. The van der Waals surface area contributed by atoms with Crippen LogP contribution in [0.5, 0.6) is 0 Å². The van der Waals surface area contributed by atoms with E-state index in [1.807, 2.05) is 37.3 Å². The van der Waals surface area contributed by atoms with Gasteiger partial charge in [-0.1, -0.05) is 37.3 Å². The van der Waals surface area contributed by atoms with Gasteiger partial charge in [0.15, 0.2) is 5.78 Å². The summed E-state index contributed by atoms with van der Waals surface area (Å²) in [7, 11) is 2.98. The number of carbonyl (C=O) groups is 2. The summed E-state index contributed by atoms with van der Waals surface area (Å²) in [6.07, 6.45) is -0.921. The summed E-state index contributed by atoms with van der Waals surface area (Å²) in [5.41, 5.74) is 1.48. The smallest absolute Gasteiger partial charge is 0.408 e. The maximum Gasteiger partial charge on any atom is 0.408 e. The highest BCUT2D eigenvalue weighted by Crippen LogP contribution is 2.54.